The van der Waals surface area contributed by atoms with Gasteiger partial charge in [-0.2, -0.15) is 0 Å². The quantitative estimate of drug-likeness (QED) is 0.871. The third-order valence-corrected chi connectivity index (χ3v) is 5.24. The summed E-state index contributed by atoms with van der Waals surface area (Å²) in [7, 11) is -3.02. The van der Waals surface area contributed by atoms with E-state index in [1.807, 2.05) is 0 Å². The van der Waals surface area contributed by atoms with Gasteiger partial charge < -0.3 is 10.1 Å². The Labute approximate surface area is 124 Å². The number of halogens is 2. The summed E-state index contributed by atoms with van der Waals surface area (Å²) in [5.41, 5.74) is 0. The van der Waals surface area contributed by atoms with Crippen LogP contribution in [-0.2, 0) is 14.6 Å². The van der Waals surface area contributed by atoms with E-state index < -0.39 is 21.6 Å². The van der Waals surface area contributed by atoms with Crippen LogP contribution in [0.25, 0.3) is 0 Å². The minimum absolute atomic E-state index is 0.0288. The molecule has 8 heteroatoms. The molecule has 1 aliphatic rings. The molecule has 0 saturated carbocycles. The molecular weight excluding hydrogens is 353 g/mol. The highest BCUT2D eigenvalue weighted by atomic mass is 79.9. The van der Waals surface area contributed by atoms with E-state index in [2.05, 4.69) is 21.2 Å². The second kappa shape index (κ2) is 6.09. The SMILES string of the molecule is O=C(COc1ccc(F)cc1Br)N[C@@H]1CCS(=O)(=O)C1. The summed E-state index contributed by atoms with van der Waals surface area (Å²) in [4.78, 5) is 11.6. The fraction of sp³-hybridized carbons (Fsp3) is 0.417. The molecule has 5 nitrogen and oxygen atoms in total. The van der Waals surface area contributed by atoms with Gasteiger partial charge in [0.1, 0.15) is 11.6 Å². The van der Waals surface area contributed by atoms with Gasteiger partial charge in [0.05, 0.1) is 16.0 Å². The fourth-order valence-corrected chi connectivity index (χ4v) is 4.05. The molecule has 20 heavy (non-hydrogen) atoms. The number of hydrogen-bond donors (Lipinski definition) is 1. The van der Waals surface area contributed by atoms with Gasteiger partial charge in [-0.1, -0.05) is 0 Å². The van der Waals surface area contributed by atoms with E-state index in [1.54, 1.807) is 0 Å². The van der Waals surface area contributed by atoms with Crippen molar-refractivity contribution in [1.29, 1.82) is 0 Å². The van der Waals surface area contributed by atoms with E-state index in [9.17, 15) is 17.6 Å². The number of rotatable bonds is 4. The average Bonchev–Trinajstić information content (AvgIpc) is 2.67. The first-order valence-corrected chi connectivity index (χ1v) is 8.55. The molecule has 0 bridgehead atoms. The first kappa shape index (κ1) is 15.2. The molecule has 0 aromatic heterocycles. The molecule has 1 aromatic rings. The molecule has 1 aliphatic heterocycles. The maximum Gasteiger partial charge on any atom is 0.258 e. The minimum atomic E-state index is -3.02. The number of nitrogens with one attached hydrogen (secondary N) is 1. The molecule has 1 atom stereocenters. The van der Waals surface area contributed by atoms with Crippen molar-refractivity contribution in [3.8, 4) is 5.75 Å². The zero-order valence-electron chi connectivity index (χ0n) is 10.4. The number of ether oxygens (including phenoxy) is 1. The van der Waals surface area contributed by atoms with Crippen molar-refractivity contribution in [2.24, 2.45) is 0 Å². The molecule has 1 amide bonds. The molecular formula is C12H13BrFNO4S. The summed E-state index contributed by atoms with van der Waals surface area (Å²) in [5, 5.41) is 2.60. The van der Waals surface area contributed by atoms with Gasteiger partial charge in [-0.3, -0.25) is 4.79 Å². The first-order chi connectivity index (χ1) is 9.35. The molecule has 0 radical (unpaired) electrons. The smallest absolute Gasteiger partial charge is 0.258 e. The Morgan fingerprint density at radius 3 is 2.85 bits per heavy atom. The second-order valence-corrected chi connectivity index (χ2v) is 7.61. The standard InChI is InChI=1S/C12H13BrFNO4S/c13-10-5-8(14)1-2-11(10)19-6-12(16)15-9-3-4-20(17,18)7-9/h1-2,5,9H,3-4,6-7H2,(H,15,16)/t9-/m1/s1. The number of carbonyl (C=O) groups excluding carboxylic acids is 1. The lowest BCUT2D eigenvalue weighted by atomic mass is 10.2. The van der Waals surface area contributed by atoms with Gasteiger partial charge in [0, 0.05) is 6.04 Å². The molecule has 1 aromatic carbocycles. The topological polar surface area (TPSA) is 72.5 Å². The van der Waals surface area contributed by atoms with Crippen molar-refractivity contribution in [2.75, 3.05) is 18.1 Å². The van der Waals surface area contributed by atoms with Crippen LogP contribution in [0.1, 0.15) is 6.42 Å². The molecule has 0 aliphatic carbocycles. The van der Waals surface area contributed by atoms with Crippen molar-refractivity contribution in [3.63, 3.8) is 0 Å². The lowest BCUT2D eigenvalue weighted by molar-refractivity contribution is -0.123. The van der Waals surface area contributed by atoms with Crippen LogP contribution in [0.5, 0.6) is 5.75 Å². The van der Waals surface area contributed by atoms with Gasteiger partial charge in [0.25, 0.3) is 5.91 Å². The van der Waals surface area contributed by atoms with Crippen LogP contribution in [-0.4, -0.2) is 38.5 Å². The predicted octanol–water partition coefficient (Wildman–Crippen LogP) is 1.27. The first-order valence-electron chi connectivity index (χ1n) is 5.93. The van der Waals surface area contributed by atoms with Crippen LogP contribution in [0, 0.1) is 5.82 Å². The number of amides is 1. The molecule has 0 unspecified atom stereocenters. The number of benzene rings is 1. The highest BCUT2D eigenvalue weighted by Gasteiger charge is 2.28. The zero-order chi connectivity index (χ0) is 14.8. The van der Waals surface area contributed by atoms with Crippen LogP contribution in [0.4, 0.5) is 4.39 Å². The van der Waals surface area contributed by atoms with Crippen LogP contribution in [0.2, 0.25) is 0 Å². The normalized spacial score (nSPS) is 20.6. The van der Waals surface area contributed by atoms with Crippen molar-refractivity contribution in [1.82, 2.24) is 5.32 Å². The third-order valence-electron chi connectivity index (χ3n) is 2.85. The van der Waals surface area contributed by atoms with E-state index in [0.29, 0.717) is 16.6 Å². The predicted molar refractivity (Wildman–Crippen MR) is 74.8 cm³/mol. The van der Waals surface area contributed by atoms with E-state index in [4.69, 9.17) is 4.74 Å². The van der Waals surface area contributed by atoms with Gasteiger partial charge in [-0.15, -0.1) is 0 Å². The molecule has 1 heterocycles. The van der Waals surface area contributed by atoms with E-state index >= 15 is 0 Å². The van der Waals surface area contributed by atoms with E-state index in [1.165, 1.54) is 18.2 Å². The fourth-order valence-electron chi connectivity index (χ4n) is 1.91. The summed E-state index contributed by atoms with van der Waals surface area (Å²) in [5.74, 6) is -0.393. The van der Waals surface area contributed by atoms with E-state index in [0.717, 1.165) is 0 Å². The average molecular weight is 366 g/mol. The molecule has 1 N–H and O–H groups in total. The molecule has 2 rings (SSSR count). The van der Waals surface area contributed by atoms with Crippen LogP contribution in [0.15, 0.2) is 22.7 Å². The van der Waals surface area contributed by atoms with Gasteiger partial charge >= 0.3 is 0 Å². The van der Waals surface area contributed by atoms with Crippen molar-refractivity contribution in [2.45, 2.75) is 12.5 Å². The molecule has 110 valence electrons. The van der Waals surface area contributed by atoms with Crippen molar-refractivity contribution in [3.05, 3.63) is 28.5 Å². The van der Waals surface area contributed by atoms with Crippen LogP contribution < -0.4 is 10.1 Å². The van der Waals surface area contributed by atoms with Crippen molar-refractivity contribution < 1.29 is 22.3 Å². The van der Waals surface area contributed by atoms with Crippen LogP contribution >= 0.6 is 15.9 Å². The summed E-state index contributed by atoms with van der Waals surface area (Å²) < 4.78 is 41.0. The van der Waals surface area contributed by atoms with Gasteiger partial charge in [-0.25, -0.2) is 12.8 Å². The summed E-state index contributed by atoms with van der Waals surface area (Å²) in [6.07, 6.45) is 0.425. The maximum absolute atomic E-state index is 12.9. The monoisotopic (exact) mass is 365 g/mol. The largest absolute Gasteiger partial charge is 0.483 e. The van der Waals surface area contributed by atoms with Gasteiger partial charge in [-0.05, 0) is 40.5 Å². The molecule has 1 fully saturated rings. The Balaban J connectivity index is 1.84. The Morgan fingerprint density at radius 2 is 2.25 bits per heavy atom. The number of carbonyl (C=O) groups is 1. The lowest BCUT2D eigenvalue weighted by Gasteiger charge is -2.12. The highest BCUT2D eigenvalue weighted by molar-refractivity contribution is 9.10. The maximum atomic E-state index is 12.9. The third kappa shape index (κ3) is 4.17. The van der Waals surface area contributed by atoms with E-state index in [-0.39, 0.29) is 24.2 Å². The van der Waals surface area contributed by atoms with Crippen LogP contribution in [0.3, 0.4) is 0 Å². The molecule has 0 spiro atoms. The zero-order valence-corrected chi connectivity index (χ0v) is 12.8. The van der Waals surface area contributed by atoms with Crippen molar-refractivity contribution >= 4 is 31.7 Å². The summed E-state index contributed by atoms with van der Waals surface area (Å²) in [6, 6.07) is 3.51. The molecule has 1 saturated heterocycles. The second-order valence-electron chi connectivity index (χ2n) is 4.53. The Kier molecular flexibility index (Phi) is 4.64. The van der Waals surface area contributed by atoms with Gasteiger partial charge in [0.2, 0.25) is 0 Å². The van der Waals surface area contributed by atoms with Gasteiger partial charge in [0.15, 0.2) is 16.4 Å². The Bertz CT molecular complexity index is 620. The number of hydrogen-bond acceptors (Lipinski definition) is 4. The Morgan fingerprint density at radius 1 is 1.50 bits per heavy atom. The minimum Gasteiger partial charge on any atom is -0.483 e. The summed E-state index contributed by atoms with van der Waals surface area (Å²) in [6.45, 7) is -0.249. The highest BCUT2D eigenvalue weighted by Crippen LogP contribution is 2.25. The summed E-state index contributed by atoms with van der Waals surface area (Å²) >= 11 is 3.12. The lowest BCUT2D eigenvalue weighted by Crippen LogP contribution is -2.38. The number of sulfone groups is 1. The Hall–Kier alpha value is -1.15.